The van der Waals surface area contributed by atoms with Gasteiger partial charge in [-0.15, -0.1) is 11.8 Å². The van der Waals surface area contributed by atoms with Gasteiger partial charge in [-0.3, -0.25) is 9.59 Å². The van der Waals surface area contributed by atoms with Crippen molar-refractivity contribution in [3.63, 3.8) is 0 Å². The number of phenolic OH excluding ortho intramolecular Hbond substituents is 1. The fraction of sp³-hybridized carbons (Fsp3) is 0.176. The number of thioether (sulfide) groups is 1. The Morgan fingerprint density at radius 1 is 1.22 bits per heavy atom. The van der Waals surface area contributed by atoms with E-state index in [4.69, 9.17) is 0 Å². The van der Waals surface area contributed by atoms with Crippen LogP contribution in [0.25, 0.3) is 0 Å². The van der Waals surface area contributed by atoms with Gasteiger partial charge in [-0.1, -0.05) is 24.3 Å². The van der Waals surface area contributed by atoms with E-state index in [1.54, 1.807) is 34.9 Å². The molecular weight excluding hydrogens is 312 g/mol. The van der Waals surface area contributed by atoms with E-state index in [0.29, 0.717) is 17.0 Å². The van der Waals surface area contributed by atoms with Crippen LogP contribution in [0.5, 0.6) is 5.75 Å². The molecule has 2 aromatic carbocycles. The van der Waals surface area contributed by atoms with E-state index in [1.165, 1.54) is 12.1 Å². The van der Waals surface area contributed by atoms with Crippen LogP contribution in [0.1, 0.15) is 21.3 Å². The molecule has 2 aliphatic rings. The second-order valence-electron chi connectivity index (χ2n) is 5.54. The Bertz CT molecular complexity index is 808. The summed E-state index contributed by atoms with van der Waals surface area (Å²) in [6, 6.07) is 13.4. The molecule has 0 saturated carbocycles. The topological polar surface area (TPSA) is 69.6 Å². The summed E-state index contributed by atoms with van der Waals surface area (Å²) in [4.78, 5) is 26.8. The van der Waals surface area contributed by atoms with E-state index >= 15 is 0 Å². The number of amides is 2. The van der Waals surface area contributed by atoms with Gasteiger partial charge >= 0.3 is 0 Å². The van der Waals surface area contributed by atoms with Crippen molar-refractivity contribution < 1.29 is 14.7 Å². The summed E-state index contributed by atoms with van der Waals surface area (Å²) in [6.07, 6.45) is 0. The van der Waals surface area contributed by atoms with E-state index in [1.807, 2.05) is 18.2 Å². The van der Waals surface area contributed by atoms with E-state index in [0.717, 1.165) is 5.56 Å². The molecule has 0 spiro atoms. The molecule has 2 aliphatic heterocycles. The Morgan fingerprint density at radius 3 is 2.87 bits per heavy atom. The Morgan fingerprint density at radius 2 is 2.04 bits per heavy atom. The van der Waals surface area contributed by atoms with Crippen molar-refractivity contribution in [2.75, 3.05) is 11.1 Å². The Hall–Kier alpha value is -2.47. The van der Waals surface area contributed by atoms with Crippen LogP contribution >= 0.6 is 11.8 Å². The van der Waals surface area contributed by atoms with Crippen molar-refractivity contribution in [2.24, 2.45) is 0 Å². The first-order chi connectivity index (χ1) is 11.1. The van der Waals surface area contributed by atoms with Crippen LogP contribution in [-0.4, -0.2) is 33.6 Å². The highest BCUT2D eigenvalue weighted by molar-refractivity contribution is 7.99. The molecule has 1 saturated heterocycles. The largest absolute Gasteiger partial charge is 0.508 e. The van der Waals surface area contributed by atoms with Gasteiger partial charge in [0.15, 0.2) is 0 Å². The quantitative estimate of drug-likeness (QED) is 0.890. The molecule has 0 aromatic heterocycles. The van der Waals surface area contributed by atoms with Crippen molar-refractivity contribution in [1.82, 2.24) is 4.90 Å². The monoisotopic (exact) mass is 326 g/mol. The Kier molecular flexibility index (Phi) is 3.27. The van der Waals surface area contributed by atoms with Crippen molar-refractivity contribution in [3.8, 4) is 5.75 Å². The summed E-state index contributed by atoms with van der Waals surface area (Å²) in [6.45, 7) is 0. The Balaban J connectivity index is 1.58. The van der Waals surface area contributed by atoms with Gasteiger partial charge in [-0.05, 0) is 23.8 Å². The zero-order valence-electron chi connectivity index (χ0n) is 12.1. The molecule has 5 nitrogen and oxygen atoms in total. The molecule has 0 bridgehead atoms. The zero-order valence-corrected chi connectivity index (χ0v) is 12.9. The van der Waals surface area contributed by atoms with Crippen molar-refractivity contribution in [3.05, 3.63) is 59.7 Å². The molecule has 2 amide bonds. The molecule has 0 unspecified atom stereocenters. The third-order valence-corrected chi connectivity index (χ3v) is 5.41. The van der Waals surface area contributed by atoms with Gasteiger partial charge < -0.3 is 15.3 Å². The molecule has 6 heteroatoms. The van der Waals surface area contributed by atoms with Crippen LogP contribution in [0.4, 0.5) is 5.69 Å². The fourth-order valence-corrected chi connectivity index (χ4v) is 4.52. The predicted octanol–water partition coefficient (Wildman–Crippen LogP) is 2.60. The number of hydrogen-bond acceptors (Lipinski definition) is 4. The number of fused-ring (bicyclic) bond motifs is 3. The maximum absolute atomic E-state index is 12.6. The van der Waals surface area contributed by atoms with E-state index in [9.17, 15) is 14.7 Å². The van der Waals surface area contributed by atoms with Gasteiger partial charge in [0.05, 0.1) is 0 Å². The molecule has 2 aromatic rings. The van der Waals surface area contributed by atoms with Gasteiger partial charge in [0, 0.05) is 23.1 Å². The van der Waals surface area contributed by atoms with Crippen LogP contribution < -0.4 is 5.32 Å². The smallest absolute Gasteiger partial charge is 0.256 e. The average Bonchev–Trinajstić information content (AvgIpc) is 3.09. The lowest BCUT2D eigenvalue weighted by Crippen LogP contribution is -2.42. The number of phenols is 1. The number of hydrogen-bond donors (Lipinski definition) is 2. The van der Waals surface area contributed by atoms with Crippen LogP contribution in [0, 0.1) is 0 Å². The minimum absolute atomic E-state index is 0.0846. The molecule has 1 fully saturated rings. The van der Waals surface area contributed by atoms with E-state index in [2.05, 4.69) is 5.32 Å². The van der Waals surface area contributed by atoms with Gasteiger partial charge in [-0.2, -0.15) is 0 Å². The number of rotatable bonds is 2. The second-order valence-corrected chi connectivity index (χ2v) is 6.65. The summed E-state index contributed by atoms with van der Waals surface area (Å²) in [5.74, 6) is 0.333. The molecular formula is C17H14N2O3S. The van der Waals surface area contributed by atoms with Crippen LogP contribution in [0.2, 0.25) is 0 Å². The lowest BCUT2D eigenvalue weighted by molar-refractivity contribution is -0.119. The van der Waals surface area contributed by atoms with Crippen molar-refractivity contribution >= 4 is 29.3 Å². The lowest BCUT2D eigenvalue weighted by atomic mass is 10.1. The fourth-order valence-electron chi connectivity index (χ4n) is 3.05. The van der Waals surface area contributed by atoms with E-state index < -0.39 is 6.04 Å². The second kappa shape index (κ2) is 5.31. The molecule has 23 heavy (non-hydrogen) atoms. The van der Waals surface area contributed by atoms with Crippen molar-refractivity contribution in [2.45, 2.75) is 11.4 Å². The summed E-state index contributed by atoms with van der Waals surface area (Å²) in [7, 11) is 0. The number of carbonyl (C=O) groups excluding carboxylic acids is 2. The predicted molar refractivity (Wildman–Crippen MR) is 88.3 cm³/mol. The first-order valence-electron chi connectivity index (χ1n) is 7.28. The van der Waals surface area contributed by atoms with Crippen LogP contribution in [-0.2, 0) is 4.79 Å². The maximum atomic E-state index is 12.6. The van der Waals surface area contributed by atoms with Gasteiger partial charge in [0.2, 0.25) is 5.91 Å². The summed E-state index contributed by atoms with van der Waals surface area (Å²) >= 11 is 1.60. The Labute approximate surface area is 137 Å². The van der Waals surface area contributed by atoms with Gasteiger partial charge in [0.1, 0.15) is 17.2 Å². The first kappa shape index (κ1) is 14.1. The summed E-state index contributed by atoms with van der Waals surface area (Å²) < 4.78 is 0. The molecule has 2 atom stereocenters. The highest BCUT2D eigenvalue weighted by Crippen LogP contribution is 2.48. The highest BCUT2D eigenvalue weighted by Gasteiger charge is 2.48. The molecule has 2 N–H and O–H groups in total. The standard InChI is InChI=1S/C17H14N2O3S/c20-11-5-3-4-10(8-11)18-15(21)14-9-23-17-13-7-2-1-6-12(13)16(22)19(14)17/h1-8,14,17,20H,9H2,(H,18,21)/t14-,17-/m0/s1. The summed E-state index contributed by atoms with van der Waals surface area (Å²) in [5.41, 5.74) is 2.18. The van der Waals surface area contributed by atoms with Crippen LogP contribution in [0.15, 0.2) is 48.5 Å². The third-order valence-electron chi connectivity index (χ3n) is 4.11. The van der Waals surface area contributed by atoms with E-state index in [-0.39, 0.29) is 22.9 Å². The molecule has 116 valence electrons. The molecule has 2 heterocycles. The first-order valence-corrected chi connectivity index (χ1v) is 8.33. The number of anilines is 1. The molecule has 0 radical (unpaired) electrons. The lowest BCUT2D eigenvalue weighted by Gasteiger charge is -2.22. The number of nitrogens with one attached hydrogen (secondary N) is 1. The minimum Gasteiger partial charge on any atom is -0.508 e. The maximum Gasteiger partial charge on any atom is 0.256 e. The average molecular weight is 326 g/mol. The normalized spacial score (nSPS) is 21.9. The minimum atomic E-state index is -0.507. The number of carbonyl (C=O) groups is 2. The number of benzene rings is 2. The summed E-state index contributed by atoms with van der Waals surface area (Å²) in [5, 5.41) is 12.2. The van der Waals surface area contributed by atoms with Crippen LogP contribution in [0.3, 0.4) is 0 Å². The van der Waals surface area contributed by atoms with Gasteiger partial charge in [-0.25, -0.2) is 0 Å². The zero-order chi connectivity index (χ0) is 16.0. The molecule has 0 aliphatic carbocycles. The molecule has 4 rings (SSSR count). The SMILES string of the molecule is O=C(Nc1cccc(O)c1)[C@@H]1CS[C@H]2c3ccccc3C(=O)N12. The number of nitrogens with zero attached hydrogens (tertiary/aromatic N) is 1. The third kappa shape index (κ3) is 2.26. The highest BCUT2D eigenvalue weighted by atomic mass is 32.2. The number of aromatic hydroxyl groups is 1. The van der Waals surface area contributed by atoms with Gasteiger partial charge in [0.25, 0.3) is 5.91 Å². The van der Waals surface area contributed by atoms with Crippen molar-refractivity contribution in [1.29, 1.82) is 0 Å².